The van der Waals surface area contributed by atoms with E-state index in [0.29, 0.717) is 6.42 Å². The van der Waals surface area contributed by atoms with Crippen LogP contribution in [-0.4, -0.2) is 33.9 Å². The van der Waals surface area contributed by atoms with Gasteiger partial charge in [-0.15, -0.1) is 5.54 Å². The smallest absolute Gasteiger partial charge is 0.129 e. The minimum Gasteiger partial charge on any atom is -0.396 e. The first kappa shape index (κ1) is 14.8. The Labute approximate surface area is 112 Å². The molecule has 0 aliphatic carbocycles. The van der Waals surface area contributed by atoms with Crippen molar-refractivity contribution in [2.24, 2.45) is 0 Å². The molecule has 0 atom stereocenters. The molecule has 0 saturated carbocycles. The van der Waals surface area contributed by atoms with E-state index in [4.69, 9.17) is 5.11 Å². The maximum absolute atomic E-state index is 9.13. The lowest BCUT2D eigenvalue weighted by Gasteiger charge is -2.17. The van der Waals surface area contributed by atoms with Gasteiger partial charge >= 0.3 is 0 Å². The first-order valence-corrected chi connectivity index (χ1v) is 9.78. The molecule has 0 unspecified atom stereocenters. The van der Waals surface area contributed by atoms with Gasteiger partial charge in [0.15, 0.2) is 0 Å². The summed E-state index contributed by atoms with van der Waals surface area (Å²) in [6.45, 7) is 6.89. The summed E-state index contributed by atoms with van der Waals surface area (Å²) >= 11 is 0. The number of benzene rings is 1. The van der Waals surface area contributed by atoms with Gasteiger partial charge in [-0.3, -0.25) is 0 Å². The molecule has 98 valence electrons. The fraction of sp³-hybridized carbons (Fsp3) is 0.467. The molecule has 2 nitrogen and oxygen atoms in total. The number of hydrogen-bond acceptors (Lipinski definition) is 2. The standard InChI is InChI=1S/C15H23NOSi/c1-16(2)15-7-6-13(9-11-18(3,4)5)12-14(15)8-10-17/h6-7,12,17H,8,10H2,1-5H3. The van der Waals surface area contributed by atoms with Crippen molar-refractivity contribution in [2.45, 2.75) is 26.1 Å². The fourth-order valence-electron chi connectivity index (χ4n) is 1.68. The second kappa shape index (κ2) is 6.08. The van der Waals surface area contributed by atoms with E-state index in [1.165, 1.54) is 0 Å². The Kier molecular flexibility index (Phi) is 5.00. The molecule has 0 aromatic heterocycles. The lowest BCUT2D eigenvalue weighted by atomic mass is 10.1. The SMILES string of the molecule is CN(C)c1ccc(C#C[Si](C)(C)C)cc1CCO. The highest BCUT2D eigenvalue weighted by molar-refractivity contribution is 6.83. The van der Waals surface area contributed by atoms with Gasteiger partial charge in [0.1, 0.15) is 8.07 Å². The molecule has 1 aromatic rings. The Morgan fingerprint density at radius 2 is 1.89 bits per heavy atom. The van der Waals surface area contributed by atoms with Crippen molar-refractivity contribution in [3.8, 4) is 11.5 Å². The summed E-state index contributed by atoms with van der Waals surface area (Å²) in [4.78, 5) is 2.07. The zero-order valence-corrected chi connectivity index (χ0v) is 13.0. The van der Waals surface area contributed by atoms with E-state index in [1.807, 2.05) is 14.1 Å². The van der Waals surface area contributed by atoms with Crippen molar-refractivity contribution in [1.29, 1.82) is 0 Å². The fourth-order valence-corrected chi connectivity index (χ4v) is 2.20. The molecular formula is C15H23NOSi. The van der Waals surface area contributed by atoms with Gasteiger partial charge in [0, 0.05) is 32.0 Å². The van der Waals surface area contributed by atoms with Crippen molar-refractivity contribution in [3.05, 3.63) is 29.3 Å². The van der Waals surface area contributed by atoms with Gasteiger partial charge < -0.3 is 10.0 Å². The van der Waals surface area contributed by atoms with Crippen LogP contribution in [0.1, 0.15) is 11.1 Å². The molecular weight excluding hydrogens is 238 g/mol. The van der Waals surface area contributed by atoms with Crippen LogP contribution in [0.25, 0.3) is 0 Å². The third kappa shape index (κ3) is 4.56. The Balaban J connectivity index is 3.10. The Morgan fingerprint density at radius 3 is 2.39 bits per heavy atom. The van der Waals surface area contributed by atoms with E-state index in [9.17, 15) is 0 Å². The highest BCUT2D eigenvalue weighted by Crippen LogP contribution is 2.20. The van der Waals surface area contributed by atoms with Gasteiger partial charge in [0.25, 0.3) is 0 Å². The molecule has 0 radical (unpaired) electrons. The first-order valence-electron chi connectivity index (χ1n) is 6.28. The summed E-state index contributed by atoms with van der Waals surface area (Å²) in [7, 11) is 2.70. The monoisotopic (exact) mass is 261 g/mol. The zero-order chi connectivity index (χ0) is 13.8. The number of nitrogens with zero attached hydrogens (tertiary/aromatic N) is 1. The summed E-state index contributed by atoms with van der Waals surface area (Å²) in [5.74, 6) is 3.26. The summed E-state index contributed by atoms with van der Waals surface area (Å²) in [6.07, 6.45) is 0.677. The normalized spacial score (nSPS) is 10.8. The van der Waals surface area contributed by atoms with E-state index in [2.05, 4.69) is 54.2 Å². The van der Waals surface area contributed by atoms with Gasteiger partial charge in [-0.2, -0.15) is 0 Å². The van der Waals surface area contributed by atoms with Gasteiger partial charge in [-0.05, 0) is 30.2 Å². The van der Waals surface area contributed by atoms with Crippen LogP contribution in [0.2, 0.25) is 19.6 Å². The summed E-state index contributed by atoms with van der Waals surface area (Å²) in [5, 5.41) is 9.13. The lowest BCUT2D eigenvalue weighted by Crippen LogP contribution is -2.16. The van der Waals surface area contributed by atoms with Gasteiger partial charge in [0.05, 0.1) is 0 Å². The third-order valence-electron chi connectivity index (χ3n) is 2.52. The van der Waals surface area contributed by atoms with Crippen LogP contribution in [0.15, 0.2) is 18.2 Å². The van der Waals surface area contributed by atoms with Crippen LogP contribution in [0.4, 0.5) is 5.69 Å². The molecule has 0 saturated heterocycles. The molecule has 0 aliphatic heterocycles. The minimum atomic E-state index is -1.33. The van der Waals surface area contributed by atoms with E-state index in [1.54, 1.807) is 0 Å². The van der Waals surface area contributed by atoms with E-state index in [-0.39, 0.29) is 6.61 Å². The summed E-state index contributed by atoms with van der Waals surface area (Å²) < 4.78 is 0. The topological polar surface area (TPSA) is 23.5 Å². The molecule has 3 heteroatoms. The second-order valence-corrected chi connectivity index (χ2v) is 10.5. The van der Waals surface area contributed by atoms with Crippen LogP contribution in [0.5, 0.6) is 0 Å². The lowest BCUT2D eigenvalue weighted by molar-refractivity contribution is 0.299. The molecule has 1 rings (SSSR count). The van der Waals surface area contributed by atoms with E-state index in [0.717, 1.165) is 16.8 Å². The van der Waals surface area contributed by atoms with Crippen molar-refractivity contribution >= 4 is 13.8 Å². The molecule has 0 amide bonds. The summed E-state index contributed by atoms with van der Waals surface area (Å²) in [6, 6.07) is 6.24. The van der Waals surface area contributed by atoms with Gasteiger partial charge in [-0.25, -0.2) is 0 Å². The number of aliphatic hydroxyl groups excluding tert-OH is 1. The Hall–Kier alpha value is -1.24. The summed E-state index contributed by atoms with van der Waals surface area (Å²) in [5.41, 5.74) is 6.73. The zero-order valence-electron chi connectivity index (χ0n) is 12.0. The number of anilines is 1. The van der Waals surface area contributed by atoms with E-state index >= 15 is 0 Å². The largest absolute Gasteiger partial charge is 0.396 e. The quantitative estimate of drug-likeness (QED) is 0.667. The van der Waals surface area contributed by atoms with Crippen molar-refractivity contribution in [2.75, 3.05) is 25.6 Å². The van der Waals surface area contributed by atoms with Crippen molar-refractivity contribution in [1.82, 2.24) is 0 Å². The van der Waals surface area contributed by atoms with Crippen LogP contribution < -0.4 is 4.90 Å². The molecule has 0 bridgehead atoms. The van der Waals surface area contributed by atoms with Crippen LogP contribution in [0, 0.1) is 11.5 Å². The van der Waals surface area contributed by atoms with Crippen LogP contribution in [-0.2, 0) is 6.42 Å². The average Bonchev–Trinajstić information content (AvgIpc) is 2.25. The van der Waals surface area contributed by atoms with Gasteiger partial charge in [0.2, 0.25) is 0 Å². The van der Waals surface area contributed by atoms with Crippen molar-refractivity contribution < 1.29 is 5.11 Å². The Morgan fingerprint density at radius 1 is 1.22 bits per heavy atom. The number of aliphatic hydroxyl groups is 1. The molecule has 0 heterocycles. The molecule has 1 N–H and O–H groups in total. The molecule has 0 spiro atoms. The first-order chi connectivity index (χ1) is 8.33. The van der Waals surface area contributed by atoms with Gasteiger partial charge in [-0.1, -0.05) is 25.6 Å². The Bertz CT molecular complexity index is 464. The van der Waals surface area contributed by atoms with Crippen LogP contribution >= 0.6 is 0 Å². The third-order valence-corrected chi connectivity index (χ3v) is 3.40. The predicted molar refractivity (Wildman–Crippen MR) is 81.8 cm³/mol. The van der Waals surface area contributed by atoms with Crippen LogP contribution in [0.3, 0.4) is 0 Å². The van der Waals surface area contributed by atoms with E-state index < -0.39 is 8.07 Å². The molecule has 0 aliphatic rings. The molecule has 0 fully saturated rings. The molecule has 1 aromatic carbocycles. The highest BCUT2D eigenvalue weighted by atomic mass is 28.3. The second-order valence-electron chi connectivity index (χ2n) is 5.71. The maximum atomic E-state index is 9.13. The highest BCUT2D eigenvalue weighted by Gasteiger charge is 2.08. The predicted octanol–water partition coefficient (Wildman–Crippen LogP) is 2.52. The average molecular weight is 261 g/mol. The number of rotatable bonds is 3. The molecule has 18 heavy (non-hydrogen) atoms. The van der Waals surface area contributed by atoms with Crippen molar-refractivity contribution in [3.63, 3.8) is 0 Å². The maximum Gasteiger partial charge on any atom is 0.129 e. The minimum absolute atomic E-state index is 0.172. The number of hydrogen-bond donors (Lipinski definition) is 1.